The summed E-state index contributed by atoms with van der Waals surface area (Å²) in [7, 11) is 0. The first-order valence-corrected chi connectivity index (χ1v) is 6.75. The molecule has 17 heavy (non-hydrogen) atoms. The quantitative estimate of drug-likeness (QED) is 0.823. The van der Waals surface area contributed by atoms with Crippen molar-refractivity contribution in [3.8, 4) is 0 Å². The van der Waals surface area contributed by atoms with E-state index in [9.17, 15) is 4.79 Å². The van der Waals surface area contributed by atoms with Crippen LogP contribution in [0, 0.1) is 0 Å². The lowest BCUT2D eigenvalue weighted by Gasteiger charge is -2.05. The number of amides is 1. The second kappa shape index (κ2) is 5.73. The van der Waals surface area contributed by atoms with Gasteiger partial charge in [-0.25, -0.2) is 0 Å². The zero-order valence-electron chi connectivity index (χ0n) is 9.56. The van der Waals surface area contributed by atoms with Crippen molar-refractivity contribution in [2.75, 3.05) is 11.5 Å². The summed E-state index contributed by atoms with van der Waals surface area (Å²) in [5.41, 5.74) is 6.44. The maximum Gasteiger partial charge on any atom is 0.227 e. The largest absolute Gasteiger partial charge is 0.369 e. The van der Waals surface area contributed by atoms with Crippen molar-refractivity contribution in [2.24, 2.45) is 5.73 Å². The summed E-state index contributed by atoms with van der Waals surface area (Å²) >= 11 is 1.59. The number of thioether (sulfide) groups is 1. The molecule has 0 aliphatic rings. The topological polar surface area (TPSA) is 43.1 Å². The Morgan fingerprint density at radius 2 is 1.88 bits per heavy atom. The third-order valence-corrected chi connectivity index (χ3v) is 3.62. The number of hydrogen-bond donors (Lipinski definition) is 1. The second-order valence-corrected chi connectivity index (χ2v) is 5.01. The van der Waals surface area contributed by atoms with Crippen LogP contribution in [-0.4, -0.2) is 17.4 Å². The summed E-state index contributed by atoms with van der Waals surface area (Å²) in [6.07, 6.45) is 0.972. The monoisotopic (exact) mass is 245 g/mol. The summed E-state index contributed by atoms with van der Waals surface area (Å²) in [5, 5.41) is 2.57. The zero-order valence-corrected chi connectivity index (χ0v) is 10.4. The van der Waals surface area contributed by atoms with Crippen LogP contribution in [0.5, 0.6) is 0 Å². The molecule has 0 heterocycles. The van der Waals surface area contributed by atoms with Crippen LogP contribution in [0.25, 0.3) is 10.8 Å². The molecule has 2 rings (SSSR count). The van der Waals surface area contributed by atoms with Crippen LogP contribution in [0.3, 0.4) is 0 Å². The SMILES string of the molecule is NC(=O)CSCCc1cccc2ccccc12. The van der Waals surface area contributed by atoms with Crippen molar-refractivity contribution in [1.29, 1.82) is 0 Å². The Morgan fingerprint density at radius 1 is 1.12 bits per heavy atom. The molecule has 0 radical (unpaired) electrons. The van der Waals surface area contributed by atoms with E-state index in [0.29, 0.717) is 5.75 Å². The maximum absolute atomic E-state index is 10.6. The summed E-state index contributed by atoms with van der Waals surface area (Å²) in [6.45, 7) is 0. The van der Waals surface area contributed by atoms with Gasteiger partial charge in [-0.1, -0.05) is 42.5 Å². The van der Waals surface area contributed by atoms with Gasteiger partial charge in [0.2, 0.25) is 5.91 Å². The van der Waals surface area contributed by atoms with Gasteiger partial charge in [-0.2, -0.15) is 11.8 Å². The lowest BCUT2D eigenvalue weighted by atomic mass is 10.0. The van der Waals surface area contributed by atoms with Gasteiger partial charge in [0.15, 0.2) is 0 Å². The highest BCUT2D eigenvalue weighted by Crippen LogP contribution is 2.19. The number of primary amides is 1. The Kier molecular flexibility index (Phi) is 4.04. The van der Waals surface area contributed by atoms with E-state index in [1.165, 1.54) is 16.3 Å². The number of hydrogen-bond acceptors (Lipinski definition) is 2. The Bertz CT molecular complexity index is 519. The smallest absolute Gasteiger partial charge is 0.227 e. The van der Waals surface area contributed by atoms with E-state index in [-0.39, 0.29) is 5.91 Å². The molecule has 0 aliphatic carbocycles. The highest BCUT2D eigenvalue weighted by molar-refractivity contribution is 7.99. The van der Waals surface area contributed by atoms with Gasteiger partial charge in [0, 0.05) is 0 Å². The Morgan fingerprint density at radius 3 is 2.71 bits per heavy atom. The molecule has 0 saturated carbocycles. The summed E-state index contributed by atoms with van der Waals surface area (Å²) in [4.78, 5) is 10.6. The van der Waals surface area contributed by atoms with Crippen molar-refractivity contribution in [1.82, 2.24) is 0 Å². The van der Waals surface area contributed by atoms with E-state index in [0.717, 1.165) is 12.2 Å². The van der Waals surface area contributed by atoms with E-state index in [4.69, 9.17) is 5.73 Å². The molecule has 2 aromatic rings. The summed E-state index contributed by atoms with van der Waals surface area (Å²) in [5.74, 6) is 1.09. The normalized spacial score (nSPS) is 10.6. The van der Waals surface area contributed by atoms with E-state index >= 15 is 0 Å². The average Bonchev–Trinajstić information content (AvgIpc) is 2.34. The summed E-state index contributed by atoms with van der Waals surface area (Å²) < 4.78 is 0. The van der Waals surface area contributed by atoms with Crippen molar-refractivity contribution in [2.45, 2.75) is 6.42 Å². The Balaban J connectivity index is 2.05. The van der Waals surface area contributed by atoms with E-state index in [1.54, 1.807) is 11.8 Å². The Labute approximate surface area is 105 Å². The fraction of sp³-hybridized carbons (Fsp3) is 0.214. The molecule has 3 heteroatoms. The molecule has 2 nitrogen and oxygen atoms in total. The highest BCUT2D eigenvalue weighted by atomic mass is 32.2. The zero-order chi connectivity index (χ0) is 12.1. The number of carbonyl (C=O) groups is 1. The van der Waals surface area contributed by atoms with Crippen LogP contribution < -0.4 is 5.73 Å². The van der Waals surface area contributed by atoms with Gasteiger partial charge in [0.25, 0.3) is 0 Å². The fourth-order valence-corrected chi connectivity index (χ4v) is 2.58. The molecule has 88 valence electrons. The number of aryl methyl sites for hydroxylation is 1. The Hall–Kier alpha value is -1.48. The van der Waals surface area contributed by atoms with Gasteiger partial charge in [0.05, 0.1) is 5.75 Å². The van der Waals surface area contributed by atoms with Crippen LogP contribution in [0.4, 0.5) is 0 Å². The molecule has 0 bridgehead atoms. The van der Waals surface area contributed by atoms with Crippen LogP contribution in [0.1, 0.15) is 5.56 Å². The van der Waals surface area contributed by atoms with Gasteiger partial charge in [-0.15, -0.1) is 0 Å². The van der Waals surface area contributed by atoms with Gasteiger partial charge >= 0.3 is 0 Å². The molecule has 0 aromatic heterocycles. The van der Waals surface area contributed by atoms with E-state index in [2.05, 4.69) is 36.4 Å². The third kappa shape index (κ3) is 3.24. The van der Waals surface area contributed by atoms with E-state index < -0.39 is 0 Å². The van der Waals surface area contributed by atoms with Gasteiger partial charge in [-0.3, -0.25) is 4.79 Å². The molecule has 2 aromatic carbocycles. The molecule has 1 amide bonds. The van der Waals surface area contributed by atoms with Crippen LogP contribution in [0.15, 0.2) is 42.5 Å². The predicted octanol–water partition coefficient (Wildman–Crippen LogP) is 2.60. The van der Waals surface area contributed by atoms with Crippen LogP contribution in [0.2, 0.25) is 0 Å². The molecule has 0 spiro atoms. The maximum atomic E-state index is 10.6. The number of nitrogens with two attached hydrogens (primary N) is 1. The van der Waals surface area contributed by atoms with E-state index in [1.807, 2.05) is 6.07 Å². The fourth-order valence-electron chi connectivity index (χ4n) is 1.87. The third-order valence-electron chi connectivity index (χ3n) is 2.64. The minimum atomic E-state index is -0.243. The first kappa shape index (κ1) is 12.0. The molecular weight excluding hydrogens is 230 g/mol. The minimum Gasteiger partial charge on any atom is -0.369 e. The second-order valence-electron chi connectivity index (χ2n) is 3.91. The lowest BCUT2D eigenvalue weighted by molar-refractivity contribution is -0.115. The predicted molar refractivity (Wildman–Crippen MR) is 74.2 cm³/mol. The van der Waals surface area contributed by atoms with Crippen LogP contribution >= 0.6 is 11.8 Å². The molecule has 0 aliphatic heterocycles. The van der Waals surface area contributed by atoms with Crippen molar-refractivity contribution < 1.29 is 4.79 Å². The summed E-state index contributed by atoms with van der Waals surface area (Å²) in [6, 6.07) is 14.7. The number of benzene rings is 2. The molecular formula is C14H15NOS. The number of fused-ring (bicyclic) bond motifs is 1. The molecule has 0 atom stereocenters. The minimum absolute atomic E-state index is 0.243. The standard InChI is InChI=1S/C14H15NOS/c15-14(16)10-17-9-8-12-6-3-5-11-4-1-2-7-13(11)12/h1-7H,8-10H2,(H2,15,16). The van der Waals surface area contributed by atoms with Crippen molar-refractivity contribution >= 4 is 28.4 Å². The average molecular weight is 245 g/mol. The lowest BCUT2D eigenvalue weighted by Crippen LogP contribution is -2.13. The van der Waals surface area contributed by atoms with Gasteiger partial charge in [-0.05, 0) is 28.5 Å². The van der Waals surface area contributed by atoms with Crippen molar-refractivity contribution in [3.05, 3.63) is 48.0 Å². The van der Waals surface area contributed by atoms with Gasteiger partial charge in [0.1, 0.15) is 0 Å². The molecule has 0 fully saturated rings. The van der Waals surface area contributed by atoms with Gasteiger partial charge < -0.3 is 5.73 Å². The van der Waals surface area contributed by atoms with Crippen LogP contribution in [-0.2, 0) is 11.2 Å². The molecule has 0 unspecified atom stereocenters. The molecule has 0 saturated heterocycles. The highest BCUT2D eigenvalue weighted by Gasteiger charge is 2.01. The number of rotatable bonds is 5. The first-order chi connectivity index (χ1) is 8.27. The van der Waals surface area contributed by atoms with Crippen molar-refractivity contribution in [3.63, 3.8) is 0 Å². The first-order valence-electron chi connectivity index (χ1n) is 5.60. The number of carbonyl (C=O) groups excluding carboxylic acids is 1. The molecule has 2 N–H and O–H groups in total.